The molecule has 0 unspecified atom stereocenters. The fourth-order valence-corrected chi connectivity index (χ4v) is 4.79. The highest BCUT2D eigenvalue weighted by atomic mass is 79.9. The summed E-state index contributed by atoms with van der Waals surface area (Å²) in [4.78, 5) is 41.7. The first-order chi connectivity index (χ1) is 17.5. The molecule has 0 bridgehead atoms. The van der Waals surface area contributed by atoms with E-state index in [4.69, 9.17) is 0 Å². The van der Waals surface area contributed by atoms with Gasteiger partial charge in [0.15, 0.2) is 0 Å². The van der Waals surface area contributed by atoms with Crippen molar-refractivity contribution in [3.05, 3.63) is 141 Å². The average molecular weight is 539 g/mol. The Balaban J connectivity index is 1.52. The summed E-state index contributed by atoms with van der Waals surface area (Å²) in [5.41, 5.74) is 3.28. The molecule has 1 N–H and O–H groups in total. The first-order valence-corrected chi connectivity index (χ1v) is 12.4. The number of rotatable bonds is 7. The second-order valence-corrected chi connectivity index (χ2v) is 9.55. The summed E-state index contributed by atoms with van der Waals surface area (Å²) < 4.78 is 0.928. The Kier molecular flexibility index (Phi) is 6.78. The molecule has 4 aromatic carbocycles. The highest BCUT2D eigenvalue weighted by molar-refractivity contribution is 9.10. The molecule has 0 saturated carbocycles. The van der Waals surface area contributed by atoms with Gasteiger partial charge in [0, 0.05) is 10.9 Å². The summed E-state index contributed by atoms with van der Waals surface area (Å²) in [6.45, 7) is 0. The summed E-state index contributed by atoms with van der Waals surface area (Å²) in [6.07, 6.45) is 0.208. The molecular formula is C30H23BrN2O3. The number of benzene rings is 4. The zero-order chi connectivity index (χ0) is 25.1. The quantitative estimate of drug-likeness (QED) is 0.313. The summed E-state index contributed by atoms with van der Waals surface area (Å²) >= 11 is 3.47. The Morgan fingerprint density at radius 3 is 1.78 bits per heavy atom. The van der Waals surface area contributed by atoms with E-state index in [1.54, 1.807) is 24.3 Å². The maximum atomic E-state index is 13.9. The zero-order valence-corrected chi connectivity index (χ0v) is 20.9. The van der Waals surface area contributed by atoms with Crippen LogP contribution in [0.1, 0.15) is 43.4 Å². The third-order valence-electron chi connectivity index (χ3n) is 6.33. The number of hydrogen-bond donors (Lipinski definition) is 1. The molecule has 3 amide bonds. The van der Waals surface area contributed by atoms with Crippen LogP contribution < -0.4 is 5.32 Å². The fraction of sp³-hybridized carbons (Fsp3) is 0.100. The maximum Gasteiger partial charge on any atom is 0.262 e. The van der Waals surface area contributed by atoms with Gasteiger partial charge in [-0.2, -0.15) is 0 Å². The standard InChI is InChI=1S/C30H23BrN2O3/c31-23-17-15-22(16-18-23)27(21-11-5-2-6-12-21)32-28(34)26(19-20-9-3-1-4-10-20)33-29(35)24-13-7-8-14-25(24)30(33)36/h1-18,26-27H,19H2,(H,32,34)/t26-,27+/m0/s1. The van der Waals surface area contributed by atoms with Crippen molar-refractivity contribution >= 4 is 33.7 Å². The molecule has 0 fully saturated rings. The number of nitrogens with zero attached hydrogens (tertiary/aromatic N) is 1. The summed E-state index contributed by atoms with van der Waals surface area (Å²) in [5.74, 6) is -1.30. The van der Waals surface area contributed by atoms with Gasteiger partial charge in [-0.05, 0) is 41.0 Å². The summed E-state index contributed by atoms with van der Waals surface area (Å²) in [5, 5.41) is 3.13. The Morgan fingerprint density at radius 1 is 0.694 bits per heavy atom. The SMILES string of the molecule is O=C(N[C@H](c1ccccc1)c1ccc(Br)cc1)[C@H](Cc1ccccc1)N1C(=O)c2ccccc2C1=O. The number of nitrogens with one attached hydrogen (secondary N) is 1. The fourth-order valence-electron chi connectivity index (χ4n) is 4.53. The molecule has 0 spiro atoms. The van der Waals surface area contributed by atoms with Gasteiger partial charge in [0.1, 0.15) is 6.04 Å². The molecule has 2 atom stereocenters. The molecular weight excluding hydrogens is 516 g/mol. The van der Waals surface area contributed by atoms with Gasteiger partial charge in [-0.25, -0.2) is 0 Å². The van der Waals surface area contributed by atoms with Gasteiger partial charge < -0.3 is 5.32 Å². The Hall–Kier alpha value is -4.03. The van der Waals surface area contributed by atoms with E-state index in [0.29, 0.717) is 11.1 Å². The number of carbonyl (C=O) groups excluding carboxylic acids is 3. The number of imide groups is 1. The minimum atomic E-state index is -1.01. The van der Waals surface area contributed by atoms with Crippen LogP contribution >= 0.6 is 15.9 Å². The molecule has 0 aliphatic carbocycles. The van der Waals surface area contributed by atoms with Crippen molar-refractivity contribution in [1.29, 1.82) is 0 Å². The number of fused-ring (bicyclic) bond motifs is 1. The second-order valence-electron chi connectivity index (χ2n) is 8.64. The lowest BCUT2D eigenvalue weighted by atomic mass is 9.97. The number of carbonyl (C=O) groups is 3. The van der Waals surface area contributed by atoms with Gasteiger partial charge in [0.2, 0.25) is 5.91 Å². The molecule has 0 aromatic heterocycles. The predicted molar refractivity (Wildman–Crippen MR) is 141 cm³/mol. The number of hydrogen-bond acceptors (Lipinski definition) is 3. The molecule has 1 aliphatic rings. The first-order valence-electron chi connectivity index (χ1n) is 11.6. The van der Waals surface area contributed by atoms with Gasteiger partial charge in [-0.3, -0.25) is 19.3 Å². The van der Waals surface area contributed by atoms with E-state index in [2.05, 4.69) is 21.2 Å². The van der Waals surface area contributed by atoms with Crippen molar-refractivity contribution in [3.8, 4) is 0 Å². The van der Waals surface area contributed by atoms with Crippen LogP contribution in [0.5, 0.6) is 0 Å². The monoisotopic (exact) mass is 538 g/mol. The second kappa shape index (κ2) is 10.3. The van der Waals surface area contributed by atoms with Gasteiger partial charge in [-0.15, -0.1) is 0 Å². The number of halogens is 1. The average Bonchev–Trinajstić information content (AvgIpc) is 3.17. The van der Waals surface area contributed by atoms with E-state index in [9.17, 15) is 14.4 Å². The minimum Gasteiger partial charge on any atom is -0.343 e. The first kappa shape index (κ1) is 23.7. The molecule has 6 heteroatoms. The van der Waals surface area contributed by atoms with Crippen LogP contribution in [-0.4, -0.2) is 28.7 Å². The summed E-state index contributed by atoms with van der Waals surface area (Å²) in [7, 11) is 0. The highest BCUT2D eigenvalue weighted by Gasteiger charge is 2.43. The van der Waals surface area contributed by atoms with Crippen LogP contribution in [0.25, 0.3) is 0 Å². The normalized spacial score (nSPS) is 14.3. The van der Waals surface area contributed by atoms with Crippen molar-refractivity contribution in [1.82, 2.24) is 10.2 Å². The van der Waals surface area contributed by atoms with E-state index in [-0.39, 0.29) is 6.42 Å². The lowest BCUT2D eigenvalue weighted by molar-refractivity contribution is -0.125. The lowest BCUT2D eigenvalue weighted by Crippen LogP contribution is -2.51. The molecule has 1 aliphatic heterocycles. The topological polar surface area (TPSA) is 66.5 Å². The van der Waals surface area contributed by atoms with Crippen molar-refractivity contribution in [3.63, 3.8) is 0 Å². The predicted octanol–water partition coefficient (Wildman–Crippen LogP) is 5.56. The lowest BCUT2D eigenvalue weighted by Gasteiger charge is -2.28. The Labute approximate surface area is 217 Å². The number of amides is 3. The molecule has 178 valence electrons. The van der Waals surface area contributed by atoms with Crippen LogP contribution in [0.4, 0.5) is 0 Å². The van der Waals surface area contributed by atoms with Crippen molar-refractivity contribution in [2.45, 2.75) is 18.5 Å². The molecule has 4 aromatic rings. The van der Waals surface area contributed by atoms with E-state index in [0.717, 1.165) is 26.1 Å². The maximum absolute atomic E-state index is 13.9. The van der Waals surface area contributed by atoms with Crippen molar-refractivity contribution in [2.75, 3.05) is 0 Å². The van der Waals surface area contributed by atoms with Crippen LogP contribution in [0.15, 0.2) is 114 Å². The Morgan fingerprint density at radius 2 is 1.19 bits per heavy atom. The van der Waals surface area contributed by atoms with Gasteiger partial charge >= 0.3 is 0 Å². The minimum absolute atomic E-state index is 0.208. The van der Waals surface area contributed by atoms with Gasteiger partial charge in [-0.1, -0.05) is 101 Å². The largest absolute Gasteiger partial charge is 0.343 e. The van der Waals surface area contributed by atoms with Gasteiger partial charge in [0.25, 0.3) is 11.8 Å². The zero-order valence-electron chi connectivity index (χ0n) is 19.3. The highest BCUT2D eigenvalue weighted by Crippen LogP contribution is 2.28. The van der Waals surface area contributed by atoms with Gasteiger partial charge in [0.05, 0.1) is 17.2 Å². The van der Waals surface area contributed by atoms with E-state index in [1.807, 2.05) is 84.9 Å². The van der Waals surface area contributed by atoms with E-state index < -0.39 is 29.8 Å². The summed E-state index contributed by atoms with van der Waals surface area (Å²) in [6, 6.07) is 32.0. The molecule has 0 saturated heterocycles. The molecule has 0 radical (unpaired) electrons. The molecule has 36 heavy (non-hydrogen) atoms. The van der Waals surface area contributed by atoms with Crippen LogP contribution in [0.3, 0.4) is 0 Å². The van der Waals surface area contributed by atoms with Crippen molar-refractivity contribution in [2.24, 2.45) is 0 Å². The third kappa shape index (κ3) is 4.72. The van der Waals surface area contributed by atoms with Crippen LogP contribution in [0.2, 0.25) is 0 Å². The smallest absolute Gasteiger partial charge is 0.262 e. The molecule has 5 nitrogen and oxygen atoms in total. The van der Waals surface area contributed by atoms with Crippen molar-refractivity contribution < 1.29 is 14.4 Å². The molecule has 1 heterocycles. The van der Waals surface area contributed by atoms with E-state index in [1.165, 1.54) is 0 Å². The molecule has 5 rings (SSSR count). The van der Waals surface area contributed by atoms with Crippen LogP contribution in [0, 0.1) is 0 Å². The van der Waals surface area contributed by atoms with Crippen LogP contribution in [-0.2, 0) is 11.2 Å². The third-order valence-corrected chi connectivity index (χ3v) is 6.86. The van der Waals surface area contributed by atoms with E-state index >= 15 is 0 Å². The Bertz CT molecular complexity index is 1370.